The summed E-state index contributed by atoms with van der Waals surface area (Å²) >= 11 is 0. The molecule has 0 aromatic heterocycles. The van der Waals surface area contributed by atoms with Gasteiger partial charge in [-0.05, 0) is 56.5 Å². The molecule has 1 N–H and O–H groups in total. The molecule has 0 saturated carbocycles. The van der Waals surface area contributed by atoms with Crippen molar-refractivity contribution in [3.8, 4) is 5.75 Å². The molecule has 6 heteroatoms. The Labute approximate surface area is 156 Å². The van der Waals surface area contributed by atoms with Gasteiger partial charge in [0.2, 0.25) is 0 Å². The molecule has 3 heterocycles. The molecule has 3 aliphatic rings. The second-order valence-corrected chi connectivity index (χ2v) is 8.32. The summed E-state index contributed by atoms with van der Waals surface area (Å²) in [6, 6.07) is 4.06. The summed E-state index contributed by atoms with van der Waals surface area (Å²) in [5, 5.41) is 1.96. The Balaban J connectivity index is 1.56. The number of likely N-dealkylation sites (tertiary alicyclic amines) is 1. The monoisotopic (exact) mass is 358 g/mol. The zero-order chi connectivity index (χ0) is 18.5. The molecule has 2 atom stereocenters. The van der Waals surface area contributed by atoms with Crippen molar-refractivity contribution in [1.82, 2.24) is 15.3 Å². The smallest absolute Gasteiger partial charge is 0.409 e. The van der Waals surface area contributed by atoms with E-state index in [4.69, 9.17) is 4.74 Å². The summed E-state index contributed by atoms with van der Waals surface area (Å²) < 4.78 is 5.65. The highest BCUT2D eigenvalue weighted by molar-refractivity contribution is 5.74. The van der Waals surface area contributed by atoms with E-state index in [9.17, 15) is 4.79 Å². The molecule has 0 spiro atoms. The van der Waals surface area contributed by atoms with Crippen LogP contribution < -0.4 is 15.1 Å². The van der Waals surface area contributed by atoms with Crippen molar-refractivity contribution in [3.63, 3.8) is 0 Å². The number of amides is 1. The van der Waals surface area contributed by atoms with Crippen LogP contribution in [0.1, 0.15) is 43.7 Å². The van der Waals surface area contributed by atoms with E-state index in [0.717, 1.165) is 44.5 Å². The van der Waals surface area contributed by atoms with Crippen LogP contribution in [0, 0.1) is 6.92 Å². The number of carbonyl (C=O) groups is 1. The summed E-state index contributed by atoms with van der Waals surface area (Å²) in [4.78, 5) is 17.1. The molecule has 142 valence electrons. The normalized spacial score (nSPS) is 28.8. The molecule has 1 aromatic carbocycles. The lowest BCUT2D eigenvalue weighted by molar-refractivity contribution is 0.129. The predicted octanol–water partition coefficient (Wildman–Crippen LogP) is 2.85. The highest BCUT2D eigenvalue weighted by atomic mass is 16.6. The maximum absolute atomic E-state index is 12.3. The number of hydrogen-bond acceptors (Lipinski definition) is 5. The van der Waals surface area contributed by atoms with Gasteiger partial charge >= 0.3 is 6.09 Å². The Kier molecular flexibility index (Phi) is 4.35. The van der Waals surface area contributed by atoms with Crippen LogP contribution in [-0.4, -0.2) is 55.9 Å². The van der Waals surface area contributed by atoms with Crippen LogP contribution in [0.2, 0.25) is 0 Å². The number of hydrogen-bond donors (Lipinski definition) is 1. The van der Waals surface area contributed by atoms with Crippen molar-refractivity contribution in [1.29, 1.82) is 0 Å². The Morgan fingerprint density at radius 1 is 1.19 bits per heavy atom. The molecule has 0 bridgehead atoms. The fraction of sp³-hybridized carbons (Fsp3) is 0.650. The lowest BCUT2D eigenvalue weighted by Crippen LogP contribution is -2.46. The Bertz CT molecular complexity index is 716. The van der Waals surface area contributed by atoms with Gasteiger partial charge in [0.25, 0.3) is 0 Å². The first-order valence-corrected chi connectivity index (χ1v) is 9.72. The number of fused-ring (bicyclic) bond motifs is 3. The van der Waals surface area contributed by atoms with E-state index >= 15 is 0 Å². The van der Waals surface area contributed by atoms with E-state index in [0.29, 0.717) is 11.9 Å². The largest absolute Gasteiger partial charge is 0.427 e. The quantitative estimate of drug-likeness (QED) is 0.881. The van der Waals surface area contributed by atoms with Gasteiger partial charge in [-0.2, -0.15) is 0 Å². The maximum atomic E-state index is 12.3. The van der Waals surface area contributed by atoms with Crippen molar-refractivity contribution in [2.24, 2.45) is 0 Å². The molecule has 26 heavy (non-hydrogen) atoms. The molecular weight excluding hydrogens is 328 g/mol. The van der Waals surface area contributed by atoms with Crippen LogP contribution in [0.25, 0.3) is 0 Å². The molecule has 3 aliphatic heterocycles. The number of carbonyl (C=O) groups excluding carboxylic acids is 1. The molecule has 1 aromatic rings. The van der Waals surface area contributed by atoms with E-state index in [-0.39, 0.29) is 11.5 Å². The van der Waals surface area contributed by atoms with Crippen LogP contribution in [-0.2, 0) is 5.41 Å². The summed E-state index contributed by atoms with van der Waals surface area (Å²) in [6.45, 7) is 7.32. The van der Waals surface area contributed by atoms with E-state index in [1.54, 1.807) is 0 Å². The standard InChI is InChI=1S/C20H30N4O2/c1-14-12-15(26-19(25)21-24-9-6-5-7-10-24)13-16-17(14)23(4)18-20(16,2)8-11-22(18)3/h12-13,18H,5-11H2,1-4H3,(H,21,25)/t18-,20+/m1/s1. The number of hydrazine groups is 1. The average Bonchev–Trinajstić information content (AvgIpc) is 3.01. The first-order valence-electron chi connectivity index (χ1n) is 9.72. The zero-order valence-corrected chi connectivity index (χ0v) is 16.3. The molecule has 2 saturated heterocycles. The first kappa shape index (κ1) is 17.6. The van der Waals surface area contributed by atoms with E-state index in [2.05, 4.69) is 49.2 Å². The molecule has 0 radical (unpaired) electrons. The van der Waals surface area contributed by atoms with Gasteiger partial charge in [-0.15, -0.1) is 0 Å². The van der Waals surface area contributed by atoms with Crippen LogP contribution in [0.4, 0.5) is 10.5 Å². The van der Waals surface area contributed by atoms with Gasteiger partial charge in [0.05, 0.1) is 6.17 Å². The maximum Gasteiger partial charge on any atom is 0.427 e. The molecule has 0 aliphatic carbocycles. The Hall–Kier alpha value is -1.79. The van der Waals surface area contributed by atoms with Crippen molar-refractivity contribution in [2.75, 3.05) is 38.6 Å². The van der Waals surface area contributed by atoms with Gasteiger partial charge in [0, 0.05) is 37.8 Å². The predicted molar refractivity (Wildman–Crippen MR) is 103 cm³/mol. The van der Waals surface area contributed by atoms with E-state index in [1.165, 1.54) is 17.7 Å². The van der Waals surface area contributed by atoms with Gasteiger partial charge in [-0.3, -0.25) is 10.3 Å². The van der Waals surface area contributed by atoms with Crippen LogP contribution in [0.15, 0.2) is 12.1 Å². The third kappa shape index (κ3) is 2.76. The van der Waals surface area contributed by atoms with Gasteiger partial charge in [-0.1, -0.05) is 13.3 Å². The van der Waals surface area contributed by atoms with Crippen molar-refractivity contribution >= 4 is 11.8 Å². The second kappa shape index (κ2) is 6.43. The second-order valence-electron chi connectivity index (χ2n) is 8.32. The number of likely N-dealkylation sites (N-methyl/N-ethyl adjacent to an activating group) is 2. The van der Waals surface area contributed by atoms with E-state index < -0.39 is 0 Å². The van der Waals surface area contributed by atoms with Crippen molar-refractivity contribution in [2.45, 2.75) is 51.1 Å². The number of rotatable bonds is 2. The average molecular weight is 358 g/mol. The molecule has 4 rings (SSSR count). The molecule has 2 fully saturated rings. The van der Waals surface area contributed by atoms with Gasteiger partial charge in [0.15, 0.2) is 0 Å². The minimum atomic E-state index is -0.386. The lowest BCUT2D eigenvalue weighted by Gasteiger charge is -2.32. The number of piperidine rings is 1. The molecular formula is C20H30N4O2. The summed E-state index contributed by atoms with van der Waals surface area (Å²) in [5.74, 6) is 0.639. The molecule has 0 unspecified atom stereocenters. The number of nitrogens with one attached hydrogen (secondary N) is 1. The molecule has 1 amide bonds. The van der Waals surface area contributed by atoms with Crippen LogP contribution >= 0.6 is 0 Å². The van der Waals surface area contributed by atoms with Gasteiger partial charge in [-0.25, -0.2) is 9.80 Å². The number of nitrogens with zero attached hydrogens (tertiary/aromatic N) is 3. The number of anilines is 1. The lowest BCUT2D eigenvalue weighted by atomic mass is 9.81. The zero-order valence-electron chi connectivity index (χ0n) is 16.3. The first-order chi connectivity index (χ1) is 12.4. The third-order valence-electron chi connectivity index (χ3n) is 6.40. The van der Waals surface area contributed by atoms with Gasteiger partial charge < -0.3 is 9.64 Å². The highest BCUT2D eigenvalue weighted by Crippen LogP contribution is 2.53. The van der Waals surface area contributed by atoms with Crippen LogP contribution in [0.3, 0.4) is 0 Å². The SMILES string of the molecule is Cc1cc(OC(=O)NN2CCCCC2)cc2c1N(C)[C@H]1N(C)CC[C@@]21C. The fourth-order valence-corrected chi connectivity index (χ4v) is 5.24. The minimum Gasteiger partial charge on any atom is -0.409 e. The van der Waals surface area contributed by atoms with Crippen molar-refractivity contribution < 1.29 is 9.53 Å². The fourth-order valence-electron chi connectivity index (χ4n) is 5.24. The van der Waals surface area contributed by atoms with Crippen LogP contribution in [0.5, 0.6) is 5.75 Å². The number of benzene rings is 1. The third-order valence-corrected chi connectivity index (χ3v) is 6.40. The van der Waals surface area contributed by atoms with E-state index in [1.807, 2.05) is 11.1 Å². The molecule has 6 nitrogen and oxygen atoms in total. The summed E-state index contributed by atoms with van der Waals surface area (Å²) in [5.41, 5.74) is 6.70. The minimum absolute atomic E-state index is 0.0757. The Morgan fingerprint density at radius 3 is 2.65 bits per heavy atom. The van der Waals surface area contributed by atoms with Gasteiger partial charge in [0.1, 0.15) is 5.75 Å². The Morgan fingerprint density at radius 2 is 1.92 bits per heavy atom. The number of aryl methyl sites for hydroxylation is 1. The summed E-state index contributed by atoms with van der Waals surface area (Å²) in [6.07, 6.45) is 4.58. The number of ether oxygens (including phenoxy) is 1. The topological polar surface area (TPSA) is 48.1 Å². The summed E-state index contributed by atoms with van der Waals surface area (Å²) in [7, 11) is 4.37. The van der Waals surface area contributed by atoms with Crippen molar-refractivity contribution in [3.05, 3.63) is 23.3 Å². The highest BCUT2D eigenvalue weighted by Gasteiger charge is 2.52.